The third-order valence-electron chi connectivity index (χ3n) is 2.97. The van der Waals surface area contributed by atoms with Crippen LogP contribution in [0.1, 0.15) is 17.0 Å². The topological polar surface area (TPSA) is 29.5 Å². The largest absolute Gasteiger partial charge is 0.507 e. The summed E-state index contributed by atoms with van der Waals surface area (Å²) < 4.78 is 5.08. The van der Waals surface area contributed by atoms with Crippen molar-refractivity contribution < 1.29 is 9.84 Å². The first-order valence-corrected chi connectivity index (χ1v) is 5.80. The van der Waals surface area contributed by atoms with Crippen LogP contribution in [0, 0.1) is 0 Å². The second-order valence-electron chi connectivity index (χ2n) is 4.05. The van der Waals surface area contributed by atoms with E-state index in [1.165, 1.54) is 0 Å². The standard InChI is InChI=1S/C16H16O2/c1-3-14(12-7-5-4-6-8-12)15-10-9-13(18-2)11-16(15)17/h3-11,14,17H,1H2,2H3/t14-/m0/s1. The summed E-state index contributed by atoms with van der Waals surface area (Å²) >= 11 is 0. The van der Waals surface area contributed by atoms with Gasteiger partial charge < -0.3 is 9.84 Å². The molecule has 0 aromatic heterocycles. The van der Waals surface area contributed by atoms with Crippen LogP contribution in [0.25, 0.3) is 0 Å². The van der Waals surface area contributed by atoms with Gasteiger partial charge in [0.2, 0.25) is 0 Å². The zero-order chi connectivity index (χ0) is 13.0. The number of methoxy groups -OCH3 is 1. The second-order valence-corrected chi connectivity index (χ2v) is 4.05. The van der Waals surface area contributed by atoms with E-state index in [4.69, 9.17) is 4.74 Å². The highest BCUT2D eigenvalue weighted by molar-refractivity contribution is 5.47. The highest BCUT2D eigenvalue weighted by Gasteiger charge is 2.14. The SMILES string of the molecule is C=C[C@@H](c1ccccc1)c1ccc(OC)cc1O. The molecule has 1 atom stereocenters. The van der Waals surface area contributed by atoms with Gasteiger partial charge in [0.05, 0.1) is 7.11 Å². The summed E-state index contributed by atoms with van der Waals surface area (Å²) in [5, 5.41) is 10.1. The van der Waals surface area contributed by atoms with E-state index in [2.05, 4.69) is 6.58 Å². The molecule has 0 bridgehead atoms. The Bertz CT molecular complexity index is 532. The van der Waals surface area contributed by atoms with Gasteiger partial charge in [-0.25, -0.2) is 0 Å². The Morgan fingerprint density at radius 1 is 1.17 bits per heavy atom. The van der Waals surface area contributed by atoms with Gasteiger partial charge in [-0.2, -0.15) is 0 Å². The average molecular weight is 240 g/mol. The Morgan fingerprint density at radius 2 is 1.89 bits per heavy atom. The van der Waals surface area contributed by atoms with Crippen LogP contribution in [0.3, 0.4) is 0 Å². The molecule has 2 heteroatoms. The van der Waals surface area contributed by atoms with Crippen LogP contribution in [0.5, 0.6) is 11.5 Å². The highest BCUT2D eigenvalue weighted by atomic mass is 16.5. The molecule has 0 aliphatic heterocycles. The van der Waals surface area contributed by atoms with E-state index >= 15 is 0 Å². The molecule has 2 aromatic carbocycles. The molecule has 2 aromatic rings. The van der Waals surface area contributed by atoms with Crippen molar-refractivity contribution in [3.05, 3.63) is 72.3 Å². The molecule has 0 aliphatic rings. The smallest absolute Gasteiger partial charge is 0.123 e. The van der Waals surface area contributed by atoms with E-state index in [1.54, 1.807) is 13.2 Å². The molecule has 0 aliphatic carbocycles. The Kier molecular flexibility index (Phi) is 3.68. The minimum Gasteiger partial charge on any atom is -0.507 e. The number of benzene rings is 2. The van der Waals surface area contributed by atoms with Crippen LogP contribution in [-0.2, 0) is 0 Å². The number of rotatable bonds is 4. The van der Waals surface area contributed by atoms with Gasteiger partial charge in [-0.3, -0.25) is 0 Å². The number of phenolic OH excluding ortho intramolecular Hbond substituents is 1. The van der Waals surface area contributed by atoms with Crippen molar-refractivity contribution in [2.24, 2.45) is 0 Å². The predicted molar refractivity (Wildman–Crippen MR) is 73.1 cm³/mol. The second kappa shape index (κ2) is 5.41. The van der Waals surface area contributed by atoms with E-state index in [0.29, 0.717) is 5.75 Å². The first-order valence-electron chi connectivity index (χ1n) is 5.80. The molecule has 1 N–H and O–H groups in total. The fourth-order valence-corrected chi connectivity index (χ4v) is 2.02. The fraction of sp³-hybridized carbons (Fsp3) is 0.125. The average Bonchev–Trinajstić information content (AvgIpc) is 2.42. The van der Waals surface area contributed by atoms with Crippen LogP contribution in [0.2, 0.25) is 0 Å². The molecule has 0 saturated heterocycles. The molecular formula is C16H16O2. The maximum Gasteiger partial charge on any atom is 0.123 e. The molecular weight excluding hydrogens is 224 g/mol. The minimum absolute atomic E-state index is 0.0166. The summed E-state index contributed by atoms with van der Waals surface area (Å²) in [6, 6.07) is 15.3. The van der Waals surface area contributed by atoms with Crippen LogP contribution < -0.4 is 4.74 Å². The van der Waals surface area contributed by atoms with Gasteiger partial charge in [0, 0.05) is 17.5 Å². The van der Waals surface area contributed by atoms with Crippen LogP contribution in [-0.4, -0.2) is 12.2 Å². The van der Waals surface area contributed by atoms with Gasteiger partial charge in [0.1, 0.15) is 11.5 Å². The van der Waals surface area contributed by atoms with Crippen molar-refractivity contribution in [2.45, 2.75) is 5.92 Å². The van der Waals surface area contributed by atoms with Gasteiger partial charge in [0.25, 0.3) is 0 Å². The number of ether oxygens (including phenoxy) is 1. The molecule has 92 valence electrons. The Morgan fingerprint density at radius 3 is 2.44 bits per heavy atom. The molecule has 0 fully saturated rings. The maximum absolute atomic E-state index is 10.1. The molecule has 0 amide bonds. The number of aromatic hydroxyl groups is 1. The summed E-state index contributed by atoms with van der Waals surface area (Å²) in [5.41, 5.74) is 1.94. The molecule has 0 heterocycles. The van der Waals surface area contributed by atoms with Gasteiger partial charge in [-0.1, -0.05) is 42.5 Å². The van der Waals surface area contributed by atoms with Gasteiger partial charge >= 0.3 is 0 Å². The summed E-state index contributed by atoms with van der Waals surface area (Å²) in [7, 11) is 1.58. The third kappa shape index (κ3) is 2.38. The monoisotopic (exact) mass is 240 g/mol. The predicted octanol–water partition coefficient (Wildman–Crippen LogP) is 3.72. The maximum atomic E-state index is 10.1. The molecule has 18 heavy (non-hydrogen) atoms. The van der Waals surface area contributed by atoms with Crippen molar-refractivity contribution in [1.82, 2.24) is 0 Å². The van der Waals surface area contributed by atoms with Gasteiger partial charge in [-0.05, 0) is 11.6 Å². The van der Waals surface area contributed by atoms with Crippen LogP contribution in [0.15, 0.2) is 61.2 Å². The normalized spacial score (nSPS) is 11.8. The lowest BCUT2D eigenvalue weighted by atomic mass is 9.91. The zero-order valence-electron chi connectivity index (χ0n) is 10.3. The lowest BCUT2D eigenvalue weighted by Gasteiger charge is -2.15. The van der Waals surface area contributed by atoms with Crippen LogP contribution >= 0.6 is 0 Å². The van der Waals surface area contributed by atoms with Crippen molar-refractivity contribution in [1.29, 1.82) is 0 Å². The third-order valence-corrected chi connectivity index (χ3v) is 2.97. The molecule has 0 spiro atoms. The first-order chi connectivity index (χ1) is 8.76. The molecule has 2 rings (SSSR count). The minimum atomic E-state index is -0.0166. The Hall–Kier alpha value is -2.22. The molecule has 2 nitrogen and oxygen atoms in total. The van der Waals surface area contributed by atoms with E-state index in [9.17, 15) is 5.11 Å². The van der Waals surface area contributed by atoms with Gasteiger partial charge in [0.15, 0.2) is 0 Å². The molecule has 0 radical (unpaired) electrons. The Balaban J connectivity index is 2.43. The number of hydrogen-bond donors (Lipinski definition) is 1. The zero-order valence-corrected chi connectivity index (χ0v) is 10.3. The quantitative estimate of drug-likeness (QED) is 0.825. The summed E-state index contributed by atoms with van der Waals surface area (Å²) in [4.78, 5) is 0. The molecule has 0 unspecified atom stereocenters. The Labute approximate surface area is 107 Å². The van der Waals surface area contributed by atoms with E-state index in [-0.39, 0.29) is 11.7 Å². The van der Waals surface area contributed by atoms with Crippen molar-refractivity contribution in [3.8, 4) is 11.5 Å². The van der Waals surface area contributed by atoms with Gasteiger partial charge in [-0.15, -0.1) is 6.58 Å². The number of phenols is 1. The fourth-order valence-electron chi connectivity index (χ4n) is 2.02. The van der Waals surface area contributed by atoms with Crippen molar-refractivity contribution >= 4 is 0 Å². The summed E-state index contributed by atoms with van der Waals surface area (Å²) in [6.07, 6.45) is 1.83. The summed E-state index contributed by atoms with van der Waals surface area (Å²) in [6.45, 7) is 3.86. The first kappa shape index (κ1) is 12.2. The van der Waals surface area contributed by atoms with Crippen LogP contribution in [0.4, 0.5) is 0 Å². The number of hydrogen-bond acceptors (Lipinski definition) is 2. The summed E-state index contributed by atoms with van der Waals surface area (Å²) in [5.74, 6) is 0.854. The van der Waals surface area contributed by atoms with E-state index in [0.717, 1.165) is 11.1 Å². The number of allylic oxidation sites excluding steroid dienone is 1. The highest BCUT2D eigenvalue weighted by Crippen LogP contribution is 2.34. The van der Waals surface area contributed by atoms with Crippen molar-refractivity contribution in [3.63, 3.8) is 0 Å². The molecule has 0 saturated carbocycles. The van der Waals surface area contributed by atoms with E-state index < -0.39 is 0 Å². The lowest BCUT2D eigenvalue weighted by Crippen LogP contribution is -1.98. The lowest BCUT2D eigenvalue weighted by molar-refractivity contribution is 0.406. The van der Waals surface area contributed by atoms with E-state index in [1.807, 2.05) is 48.5 Å². The van der Waals surface area contributed by atoms with Crippen molar-refractivity contribution in [2.75, 3.05) is 7.11 Å².